The van der Waals surface area contributed by atoms with E-state index in [1.807, 2.05) is 24.3 Å². The number of morpholine rings is 1. The highest BCUT2D eigenvalue weighted by Gasteiger charge is 2.24. The molecule has 0 radical (unpaired) electrons. The van der Waals surface area contributed by atoms with Gasteiger partial charge in [0.15, 0.2) is 0 Å². The van der Waals surface area contributed by atoms with Crippen molar-refractivity contribution in [2.75, 3.05) is 87.8 Å². The summed E-state index contributed by atoms with van der Waals surface area (Å²) in [7, 11) is 1.67. The van der Waals surface area contributed by atoms with Gasteiger partial charge in [0.05, 0.1) is 31.6 Å². The zero-order valence-electron chi connectivity index (χ0n) is 23.3. The molecule has 9 nitrogen and oxygen atoms in total. The molecule has 0 saturated carbocycles. The first-order chi connectivity index (χ1) is 20.0. The van der Waals surface area contributed by atoms with E-state index in [0.29, 0.717) is 44.1 Å². The predicted octanol–water partition coefficient (Wildman–Crippen LogP) is 3.48. The van der Waals surface area contributed by atoms with Crippen molar-refractivity contribution in [3.63, 3.8) is 0 Å². The lowest BCUT2D eigenvalue weighted by Gasteiger charge is -2.38. The van der Waals surface area contributed by atoms with Gasteiger partial charge >= 0.3 is 0 Å². The predicted molar refractivity (Wildman–Crippen MR) is 158 cm³/mol. The van der Waals surface area contributed by atoms with Crippen LogP contribution in [0.25, 0.3) is 0 Å². The first-order valence-corrected chi connectivity index (χ1v) is 13.9. The van der Waals surface area contributed by atoms with Crippen LogP contribution in [-0.4, -0.2) is 89.4 Å². The molecular formula is C31H36FN5O4. The van der Waals surface area contributed by atoms with Crippen LogP contribution in [0.1, 0.15) is 20.7 Å². The fourth-order valence-corrected chi connectivity index (χ4v) is 5.23. The molecule has 0 aliphatic carbocycles. The average Bonchev–Trinajstić information content (AvgIpc) is 3.01. The maximum Gasteiger partial charge on any atom is 0.255 e. The third kappa shape index (κ3) is 7.14. The number of ether oxygens (including phenoxy) is 2. The zero-order valence-corrected chi connectivity index (χ0v) is 23.3. The second kappa shape index (κ2) is 13.5. The quantitative estimate of drug-likeness (QED) is 0.414. The van der Waals surface area contributed by atoms with Gasteiger partial charge in [-0.1, -0.05) is 18.2 Å². The third-order valence-corrected chi connectivity index (χ3v) is 7.45. The van der Waals surface area contributed by atoms with E-state index in [-0.39, 0.29) is 11.5 Å². The van der Waals surface area contributed by atoms with Crippen LogP contribution in [0.3, 0.4) is 0 Å². The van der Waals surface area contributed by atoms with Crippen LogP contribution in [0.2, 0.25) is 0 Å². The van der Waals surface area contributed by atoms with Crippen LogP contribution in [0, 0.1) is 5.82 Å². The van der Waals surface area contributed by atoms with E-state index in [4.69, 9.17) is 9.47 Å². The van der Waals surface area contributed by atoms with Gasteiger partial charge in [-0.3, -0.25) is 14.5 Å². The van der Waals surface area contributed by atoms with Crippen molar-refractivity contribution >= 4 is 28.9 Å². The van der Waals surface area contributed by atoms with Gasteiger partial charge in [0.1, 0.15) is 11.6 Å². The number of hydrogen-bond acceptors (Lipinski definition) is 7. The van der Waals surface area contributed by atoms with Gasteiger partial charge in [-0.05, 0) is 48.5 Å². The van der Waals surface area contributed by atoms with Crippen LogP contribution in [0.4, 0.5) is 21.5 Å². The summed E-state index contributed by atoms with van der Waals surface area (Å²) in [5.74, 6) is -0.302. The Morgan fingerprint density at radius 1 is 0.854 bits per heavy atom. The fourth-order valence-electron chi connectivity index (χ4n) is 5.23. The van der Waals surface area contributed by atoms with Gasteiger partial charge in [-0.15, -0.1) is 0 Å². The lowest BCUT2D eigenvalue weighted by atomic mass is 10.1. The minimum Gasteiger partial charge on any atom is -0.495 e. The number of benzene rings is 3. The Balaban J connectivity index is 1.32. The normalized spacial score (nSPS) is 15.9. The number of nitrogens with zero attached hydrogens (tertiary/aromatic N) is 3. The highest BCUT2D eigenvalue weighted by atomic mass is 19.1. The number of piperazine rings is 1. The van der Waals surface area contributed by atoms with Crippen molar-refractivity contribution in [2.45, 2.75) is 0 Å². The first-order valence-electron chi connectivity index (χ1n) is 13.9. The maximum atomic E-state index is 13.7. The molecule has 2 N–H and O–H groups in total. The Labute approximate surface area is 239 Å². The first kappa shape index (κ1) is 28.4. The number of carbonyl (C=O) groups excluding carboxylic acids is 2. The van der Waals surface area contributed by atoms with E-state index in [2.05, 4.69) is 31.4 Å². The molecule has 3 aromatic carbocycles. The molecule has 2 aliphatic rings. The molecule has 0 bridgehead atoms. The summed E-state index contributed by atoms with van der Waals surface area (Å²) in [5, 5.41) is 5.87. The van der Waals surface area contributed by atoms with Crippen molar-refractivity contribution < 1.29 is 23.5 Å². The molecule has 5 rings (SSSR count). The van der Waals surface area contributed by atoms with Gasteiger partial charge in [0, 0.05) is 69.3 Å². The molecule has 0 aromatic heterocycles. The standard InChI is InChI=1S/C31H36FN5O4/c1-40-29-8-3-2-7-28(29)37-15-13-36(14-16-37)27-10-9-25(34-30(38)23-5-4-6-24(32)21-23)22-26(27)31(39)33-11-12-35-17-19-41-20-18-35/h2-10,21-22H,11-20H2,1H3,(H,33,39)(H,34,38). The number of anilines is 3. The molecular weight excluding hydrogens is 525 g/mol. The molecule has 0 spiro atoms. The largest absolute Gasteiger partial charge is 0.495 e. The van der Waals surface area contributed by atoms with Crippen LogP contribution >= 0.6 is 0 Å². The molecule has 0 atom stereocenters. The van der Waals surface area contributed by atoms with E-state index in [0.717, 1.165) is 49.8 Å². The second-order valence-corrected chi connectivity index (χ2v) is 10.1. The highest BCUT2D eigenvalue weighted by Crippen LogP contribution is 2.31. The van der Waals surface area contributed by atoms with Crippen molar-refractivity contribution in [3.05, 3.63) is 83.7 Å². The van der Waals surface area contributed by atoms with Gasteiger partial charge in [0.25, 0.3) is 11.8 Å². The number of halogens is 1. The molecule has 10 heteroatoms. The molecule has 2 saturated heterocycles. The summed E-state index contributed by atoms with van der Waals surface area (Å²) in [6.07, 6.45) is 0. The summed E-state index contributed by atoms with van der Waals surface area (Å²) in [4.78, 5) is 33.0. The van der Waals surface area contributed by atoms with Crippen LogP contribution in [-0.2, 0) is 4.74 Å². The Morgan fingerprint density at radius 2 is 1.59 bits per heavy atom. The molecule has 0 unspecified atom stereocenters. The van der Waals surface area contributed by atoms with Crippen LogP contribution in [0.15, 0.2) is 66.7 Å². The topological polar surface area (TPSA) is 86.4 Å². The molecule has 2 amide bonds. The number of amides is 2. The number of rotatable bonds is 9. The SMILES string of the molecule is COc1ccccc1N1CCN(c2ccc(NC(=O)c3cccc(F)c3)cc2C(=O)NCCN2CCOCC2)CC1. The average molecular weight is 562 g/mol. The number of hydrogen-bond donors (Lipinski definition) is 2. The monoisotopic (exact) mass is 561 g/mol. The van der Waals surface area contributed by atoms with E-state index in [1.54, 1.807) is 25.3 Å². The number of carbonyl (C=O) groups is 2. The molecule has 216 valence electrons. The summed E-state index contributed by atoms with van der Waals surface area (Å²) in [5.41, 5.74) is 3.00. The Bertz CT molecular complexity index is 1360. The zero-order chi connectivity index (χ0) is 28.6. The highest BCUT2D eigenvalue weighted by molar-refractivity contribution is 6.06. The van der Waals surface area contributed by atoms with Crippen LogP contribution in [0.5, 0.6) is 5.75 Å². The molecule has 2 aliphatic heterocycles. The summed E-state index contributed by atoms with van der Waals surface area (Å²) < 4.78 is 24.6. The third-order valence-electron chi connectivity index (χ3n) is 7.45. The Hall–Kier alpha value is -4.15. The fraction of sp³-hybridized carbons (Fsp3) is 0.355. The van der Waals surface area contributed by atoms with Gasteiger partial charge in [-0.25, -0.2) is 4.39 Å². The van der Waals surface area contributed by atoms with E-state index >= 15 is 0 Å². The number of methoxy groups -OCH3 is 1. The second-order valence-electron chi connectivity index (χ2n) is 10.1. The summed E-state index contributed by atoms with van der Waals surface area (Å²) >= 11 is 0. The molecule has 41 heavy (non-hydrogen) atoms. The lowest BCUT2D eigenvalue weighted by Crippen LogP contribution is -2.47. The maximum absolute atomic E-state index is 13.7. The minimum absolute atomic E-state index is 0.206. The van der Waals surface area contributed by atoms with Crippen molar-refractivity contribution in [3.8, 4) is 5.75 Å². The summed E-state index contributed by atoms with van der Waals surface area (Å²) in [6, 6.07) is 18.8. The van der Waals surface area contributed by atoms with Gasteiger partial charge < -0.3 is 29.9 Å². The minimum atomic E-state index is -0.486. The van der Waals surface area contributed by atoms with Gasteiger partial charge in [-0.2, -0.15) is 0 Å². The van der Waals surface area contributed by atoms with Crippen molar-refractivity contribution in [2.24, 2.45) is 0 Å². The van der Waals surface area contributed by atoms with E-state index in [9.17, 15) is 14.0 Å². The number of para-hydroxylation sites is 2. The molecule has 3 aromatic rings. The lowest BCUT2D eigenvalue weighted by molar-refractivity contribution is 0.0383. The Morgan fingerprint density at radius 3 is 2.32 bits per heavy atom. The summed E-state index contributed by atoms with van der Waals surface area (Å²) in [6.45, 7) is 7.27. The van der Waals surface area contributed by atoms with Crippen molar-refractivity contribution in [1.82, 2.24) is 10.2 Å². The van der Waals surface area contributed by atoms with Gasteiger partial charge in [0.2, 0.25) is 0 Å². The molecule has 2 fully saturated rings. The van der Waals surface area contributed by atoms with Crippen molar-refractivity contribution in [1.29, 1.82) is 0 Å². The van der Waals surface area contributed by atoms with Crippen LogP contribution < -0.4 is 25.2 Å². The Kier molecular flexibility index (Phi) is 9.33. The molecule has 2 heterocycles. The van der Waals surface area contributed by atoms with E-state index < -0.39 is 11.7 Å². The van der Waals surface area contributed by atoms with E-state index in [1.165, 1.54) is 18.2 Å². The number of nitrogens with one attached hydrogen (secondary N) is 2. The smallest absolute Gasteiger partial charge is 0.255 e.